The Morgan fingerprint density at radius 1 is 1.30 bits per heavy atom. The average Bonchev–Trinajstić information content (AvgIpc) is 2.83. The SMILES string of the molecule is CC(C)c1nnc2c(Nc3ccncn3)cc(Cl)nn12. The molecule has 0 fully saturated rings. The van der Waals surface area contributed by atoms with Crippen molar-refractivity contribution < 1.29 is 0 Å². The van der Waals surface area contributed by atoms with Crippen molar-refractivity contribution in [1.82, 2.24) is 29.8 Å². The number of hydrogen-bond donors (Lipinski definition) is 1. The molecule has 0 spiro atoms. The summed E-state index contributed by atoms with van der Waals surface area (Å²) >= 11 is 6.06. The molecule has 0 radical (unpaired) electrons. The van der Waals surface area contributed by atoms with E-state index in [4.69, 9.17) is 11.6 Å². The smallest absolute Gasteiger partial charge is 0.201 e. The second kappa shape index (κ2) is 5.01. The van der Waals surface area contributed by atoms with Gasteiger partial charge in [0.25, 0.3) is 0 Å². The van der Waals surface area contributed by atoms with Crippen molar-refractivity contribution in [2.75, 3.05) is 5.32 Å². The van der Waals surface area contributed by atoms with Gasteiger partial charge in [-0.3, -0.25) is 0 Å². The highest BCUT2D eigenvalue weighted by molar-refractivity contribution is 6.29. The summed E-state index contributed by atoms with van der Waals surface area (Å²) in [5.41, 5.74) is 1.31. The normalized spacial score (nSPS) is 11.2. The maximum atomic E-state index is 6.06. The fourth-order valence-electron chi connectivity index (χ4n) is 1.82. The Kier molecular flexibility index (Phi) is 3.19. The van der Waals surface area contributed by atoms with E-state index >= 15 is 0 Å². The van der Waals surface area contributed by atoms with Crippen molar-refractivity contribution >= 4 is 28.8 Å². The minimum atomic E-state index is 0.197. The van der Waals surface area contributed by atoms with Crippen molar-refractivity contribution in [1.29, 1.82) is 0 Å². The lowest BCUT2D eigenvalue weighted by Crippen LogP contribution is -2.03. The lowest BCUT2D eigenvalue weighted by atomic mass is 10.2. The van der Waals surface area contributed by atoms with Crippen molar-refractivity contribution in [2.45, 2.75) is 19.8 Å². The fourth-order valence-corrected chi connectivity index (χ4v) is 2.01. The highest BCUT2D eigenvalue weighted by Gasteiger charge is 2.15. The van der Waals surface area contributed by atoms with E-state index < -0.39 is 0 Å². The highest BCUT2D eigenvalue weighted by atomic mass is 35.5. The molecular weight excluding hydrogens is 278 g/mol. The molecule has 102 valence electrons. The predicted molar refractivity (Wildman–Crippen MR) is 75.2 cm³/mol. The predicted octanol–water partition coefficient (Wildman–Crippen LogP) is 2.43. The molecule has 0 bridgehead atoms. The minimum Gasteiger partial charge on any atom is -0.337 e. The first kappa shape index (κ1) is 12.7. The molecule has 0 aliphatic rings. The lowest BCUT2D eigenvalue weighted by molar-refractivity contribution is 0.721. The molecule has 3 rings (SSSR count). The standard InChI is InChI=1S/C12H12ClN7/c1-7(2)11-17-18-12-8(5-9(13)19-20(11)12)16-10-3-4-14-6-15-10/h3-7H,1-2H3,(H,14,15,16). The molecule has 0 aromatic carbocycles. The molecular formula is C12H12ClN7. The zero-order valence-corrected chi connectivity index (χ0v) is 11.7. The molecule has 0 amide bonds. The van der Waals surface area contributed by atoms with Gasteiger partial charge in [-0.25, -0.2) is 9.97 Å². The van der Waals surface area contributed by atoms with Crippen LogP contribution in [0.15, 0.2) is 24.7 Å². The molecule has 3 heterocycles. The second-order valence-corrected chi connectivity index (χ2v) is 4.94. The third kappa shape index (κ3) is 2.27. The van der Waals surface area contributed by atoms with E-state index in [0.29, 0.717) is 22.3 Å². The average molecular weight is 290 g/mol. The zero-order chi connectivity index (χ0) is 14.1. The van der Waals surface area contributed by atoms with E-state index in [1.165, 1.54) is 6.33 Å². The maximum Gasteiger partial charge on any atom is 0.201 e. The summed E-state index contributed by atoms with van der Waals surface area (Å²) in [4.78, 5) is 7.98. The van der Waals surface area contributed by atoms with E-state index in [-0.39, 0.29) is 5.92 Å². The Balaban J connectivity index is 2.11. The molecule has 0 unspecified atom stereocenters. The van der Waals surface area contributed by atoms with Crippen molar-refractivity contribution in [3.05, 3.63) is 35.6 Å². The van der Waals surface area contributed by atoms with Crippen LogP contribution < -0.4 is 5.32 Å². The number of rotatable bonds is 3. The van der Waals surface area contributed by atoms with Gasteiger partial charge in [0, 0.05) is 18.2 Å². The van der Waals surface area contributed by atoms with Gasteiger partial charge < -0.3 is 5.32 Å². The molecule has 1 N–H and O–H groups in total. The molecule has 20 heavy (non-hydrogen) atoms. The van der Waals surface area contributed by atoms with Crippen LogP contribution in [0, 0.1) is 0 Å². The Hall–Kier alpha value is -2.28. The van der Waals surface area contributed by atoms with E-state index in [1.807, 2.05) is 13.8 Å². The molecule has 8 heteroatoms. The van der Waals surface area contributed by atoms with Crippen LogP contribution in [0.2, 0.25) is 5.15 Å². The van der Waals surface area contributed by atoms with Gasteiger partial charge in [-0.2, -0.15) is 9.61 Å². The fraction of sp³-hybridized carbons (Fsp3) is 0.250. The van der Waals surface area contributed by atoms with Crippen molar-refractivity contribution in [3.8, 4) is 0 Å². The summed E-state index contributed by atoms with van der Waals surface area (Å²) in [6.07, 6.45) is 3.12. The van der Waals surface area contributed by atoms with Crippen LogP contribution in [0.25, 0.3) is 5.65 Å². The summed E-state index contributed by atoms with van der Waals surface area (Å²) in [6, 6.07) is 3.45. The van der Waals surface area contributed by atoms with Crippen LogP contribution in [-0.4, -0.2) is 29.8 Å². The molecule has 0 atom stereocenters. The van der Waals surface area contributed by atoms with Crippen LogP contribution in [0.3, 0.4) is 0 Å². The molecule has 0 aliphatic heterocycles. The molecule has 7 nitrogen and oxygen atoms in total. The first-order chi connectivity index (χ1) is 9.65. The van der Waals surface area contributed by atoms with Gasteiger partial charge >= 0.3 is 0 Å². The first-order valence-electron chi connectivity index (χ1n) is 6.10. The van der Waals surface area contributed by atoms with E-state index in [0.717, 1.165) is 5.82 Å². The van der Waals surface area contributed by atoms with Crippen molar-refractivity contribution in [2.24, 2.45) is 0 Å². The molecule has 3 aromatic rings. The number of aromatic nitrogens is 6. The van der Waals surface area contributed by atoms with Gasteiger partial charge in [-0.1, -0.05) is 25.4 Å². The molecule has 0 aliphatic carbocycles. The Bertz CT molecular complexity index is 738. The van der Waals surface area contributed by atoms with Gasteiger partial charge in [-0.05, 0) is 6.07 Å². The van der Waals surface area contributed by atoms with E-state index in [1.54, 1.807) is 22.8 Å². The van der Waals surface area contributed by atoms with Crippen LogP contribution >= 0.6 is 11.6 Å². The molecule has 3 aromatic heterocycles. The second-order valence-electron chi connectivity index (χ2n) is 4.55. The van der Waals surface area contributed by atoms with Gasteiger partial charge in [-0.15, -0.1) is 10.2 Å². The number of anilines is 2. The Morgan fingerprint density at radius 3 is 2.85 bits per heavy atom. The third-order valence-electron chi connectivity index (χ3n) is 2.73. The maximum absolute atomic E-state index is 6.06. The van der Waals surface area contributed by atoms with Crippen LogP contribution in [-0.2, 0) is 0 Å². The van der Waals surface area contributed by atoms with Crippen LogP contribution in [0.4, 0.5) is 11.5 Å². The number of hydrogen-bond acceptors (Lipinski definition) is 6. The van der Waals surface area contributed by atoms with Crippen molar-refractivity contribution in [3.63, 3.8) is 0 Å². The highest BCUT2D eigenvalue weighted by Crippen LogP contribution is 2.24. The van der Waals surface area contributed by atoms with Gasteiger partial charge in [0.15, 0.2) is 11.0 Å². The summed E-state index contributed by atoms with van der Waals surface area (Å²) in [5.74, 6) is 1.61. The largest absolute Gasteiger partial charge is 0.337 e. The molecule has 0 saturated carbocycles. The summed E-state index contributed by atoms with van der Waals surface area (Å²) in [7, 11) is 0. The topological polar surface area (TPSA) is 80.9 Å². The van der Waals surface area contributed by atoms with Gasteiger partial charge in [0.05, 0.1) is 5.69 Å². The monoisotopic (exact) mass is 289 g/mol. The summed E-state index contributed by atoms with van der Waals surface area (Å²) in [5, 5.41) is 16.1. The lowest BCUT2D eigenvalue weighted by Gasteiger charge is -2.07. The number of halogens is 1. The third-order valence-corrected chi connectivity index (χ3v) is 2.91. The van der Waals surface area contributed by atoms with Gasteiger partial charge in [0.1, 0.15) is 12.1 Å². The Labute approximate surface area is 120 Å². The molecule has 0 saturated heterocycles. The van der Waals surface area contributed by atoms with Gasteiger partial charge in [0.2, 0.25) is 5.65 Å². The zero-order valence-electron chi connectivity index (χ0n) is 10.9. The summed E-state index contributed by atoms with van der Waals surface area (Å²) < 4.78 is 1.65. The summed E-state index contributed by atoms with van der Waals surface area (Å²) in [6.45, 7) is 4.05. The number of fused-ring (bicyclic) bond motifs is 1. The number of nitrogens with zero attached hydrogens (tertiary/aromatic N) is 6. The van der Waals surface area contributed by atoms with E-state index in [2.05, 4.69) is 30.6 Å². The first-order valence-corrected chi connectivity index (χ1v) is 6.48. The Morgan fingerprint density at radius 2 is 2.15 bits per heavy atom. The number of nitrogens with one attached hydrogen (secondary N) is 1. The quantitative estimate of drug-likeness (QED) is 0.797. The van der Waals surface area contributed by atoms with Crippen LogP contribution in [0.5, 0.6) is 0 Å². The van der Waals surface area contributed by atoms with E-state index in [9.17, 15) is 0 Å². The van der Waals surface area contributed by atoms with Crippen LogP contribution in [0.1, 0.15) is 25.6 Å². The minimum absolute atomic E-state index is 0.197.